The lowest BCUT2D eigenvalue weighted by Gasteiger charge is -2.36. The minimum Gasteiger partial charge on any atom is -0.372 e. The van der Waals surface area contributed by atoms with Gasteiger partial charge in [0.25, 0.3) is 0 Å². The van der Waals surface area contributed by atoms with Gasteiger partial charge in [-0.25, -0.2) is 0 Å². The van der Waals surface area contributed by atoms with Gasteiger partial charge in [0, 0.05) is 27.2 Å². The number of hydrogen-bond acceptors (Lipinski definition) is 2. The van der Waals surface area contributed by atoms with E-state index >= 15 is 0 Å². The van der Waals surface area contributed by atoms with Gasteiger partial charge in [0.1, 0.15) is 0 Å². The zero-order valence-electron chi connectivity index (χ0n) is 11.2. The van der Waals surface area contributed by atoms with E-state index < -0.39 is 0 Å². The Kier molecular flexibility index (Phi) is 4.59. The van der Waals surface area contributed by atoms with Gasteiger partial charge in [0.15, 0.2) is 5.96 Å². The molecule has 1 aliphatic rings. The van der Waals surface area contributed by atoms with Gasteiger partial charge in [-0.1, -0.05) is 0 Å². The topological polar surface area (TPSA) is 36.9 Å². The average Bonchev–Trinajstić information content (AvgIpc) is 2.20. The smallest absolute Gasteiger partial charge is 0.193 e. The third-order valence-corrected chi connectivity index (χ3v) is 2.70. The van der Waals surface area contributed by atoms with Gasteiger partial charge >= 0.3 is 0 Å². The van der Waals surface area contributed by atoms with Crippen LogP contribution in [0, 0.1) is 0 Å². The standard InChI is InChI=1S/C12H25N3O/c1-12(2,3)16-10-6-8-15(9-7-10)11(13-4)14-5/h10H,6-9H2,1-5H3,(H,13,14). The maximum Gasteiger partial charge on any atom is 0.193 e. The molecule has 1 fully saturated rings. The number of nitrogens with zero attached hydrogens (tertiary/aromatic N) is 2. The molecule has 0 aromatic rings. The van der Waals surface area contributed by atoms with Gasteiger partial charge in [-0.2, -0.15) is 0 Å². The minimum absolute atomic E-state index is 0.0302. The molecule has 4 heteroatoms. The van der Waals surface area contributed by atoms with Crippen molar-refractivity contribution in [3.63, 3.8) is 0 Å². The number of nitrogens with one attached hydrogen (secondary N) is 1. The van der Waals surface area contributed by atoms with E-state index in [-0.39, 0.29) is 5.60 Å². The highest BCUT2D eigenvalue weighted by Gasteiger charge is 2.25. The molecular weight excluding hydrogens is 202 g/mol. The van der Waals surface area contributed by atoms with Gasteiger partial charge < -0.3 is 15.0 Å². The first-order chi connectivity index (χ1) is 7.46. The first kappa shape index (κ1) is 13.3. The van der Waals surface area contributed by atoms with Crippen LogP contribution in [0.3, 0.4) is 0 Å². The SMILES string of the molecule is CN=C(NC)N1CCC(OC(C)(C)C)CC1. The Morgan fingerprint density at radius 2 is 1.88 bits per heavy atom. The molecule has 0 spiro atoms. The van der Waals surface area contributed by atoms with Crippen molar-refractivity contribution >= 4 is 5.96 Å². The fourth-order valence-electron chi connectivity index (χ4n) is 2.10. The summed E-state index contributed by atoms with van der Waals surface area (Å²) in [6.45, 7) is 8.40. The number of aliphatic imine (C=N–C) groups is 1. The maximum absolute atomic E-state index is 5.99. The van der Waals surface area contributed by atoms with Gasteiger partial charge in [0.05, 0.1) is 11.7 Å². The first-order valence-electron chi connectivity index (χ1n) is 6.03. The number of guanidine groups is 1. The molecule has 0 saturated carbocycles. The van der Waals surface area contributed by atoms with E-state index in [0.29, 0.717) is 6.10 Å². The normalized spacial score (nSPS) is 20.1. The Balaban J connectivity index is 2.40. The Labute approximate surface area is 99.1 Å². The Morgan fingerprint density at radius 3 is 2.25 bits per heavy atom. The van der Waals surface area contributed by atoms with Crippen LogP contribution >= 0.6 is 0 Å². The van der Waals surface area contributed by atoms with Crippen molar-refractivity contribution < 1.29 is 4.74 Å². The molecule has 0 aliphatic carbocycles. The van der Waals surface area contributed by atoms with E-state index in [2.05, 4.69) is 36.0 Å². The molecule has 1 N–H and O–H groups in total. The van der Waals surface area contributed by atoms with Crippen molar-refractivity contribution in [3.05, 3.63) is 0 Å². The second-order valence-corrected chi connectivity index (χ2v) is 5.21. The highest BCUT2D eigenvalue weighted by atomic mass is 16.5. The quantitative estimate of drug-likeness (QED) is 0.544. The van der Waals surface area contributed by atoms with E-state index in [1.807, 2.05) is 14.1 Å². The second-order valence-electron chi connectivity index (χ2n) is 5.21. The Morgan fingerprint density at radius 1 is 1.31 bits per heavy atom. The van der Waals surface area contributed by atoms with Crippen LogP contribution in [-0.4, -0.2) is 49.7 Å². The largest absolute Gasteiger partial charge is 0.372 e. The summed E-state index contributed by atoms with van der Waals surface area (Å²) in [6.07, 6.45) is 2.56. The summed E-state index contributed by atoms with van der Waals surface area (Å²) in [7, 11) is 3.74. The predicted octanol–water partition coefficient (Wildman–Crippen LogP) is 1.47. The molecule has 0 unspecified atom stereocenters. The van der Waals surface area contributed by atoms with Crippen LogP contribution in [-0.2, 0) is 4.74 Å². The van der Waals surface area contributed by atoms with Crippen molar-refractivity contribution in [1.82, 2.24) is 10.2 Å². The van der Waals surface area contributed by atoms with E-state index in [1.54, 1.807) is 0 Å². The predicted molar refractivity (Wildman–Crippen MR) is 67.9 cm³/mol. The number of piperidine rings is 1. The second kappa shape index (κ2) is 5.53. The highest BCUT2D eigenvalue weighted by molar-refractivity contribution is 5.79. The van der Waals surface area contributed by atoms with Crippen molar-refractivity contribution in [2.24, 2.45) is 4.99 Å². The molecule has 4 nitrogen and oxygen atoms in total. The molecule has 0 bridgehead atoms. The summed E-state index contributed by atoms with van der Waals surface area (Å²) < 4.78 is 5.99. The molecule has 1 aliphatic heterocycles. The van der Waals surface area contributed by atoms with Crippen LogP contribution in [0.15, 0.2) is 4.99 Å². The van der Waals surface area contributed by atoms with Crippen molar-refractivity contribution in [3.8, 4) is 0 Å². The lowest BCUT2D eigenvalue weighted by molar-refractivity contribution is -0.0772. The maximum atomic E-state index is 5.99. The molecule has 0 amide bonds. The van der Waals surface area contributed by atoms with Crippen LogP contribution in [0.5, 0.6) is 0 Å². The summed E-state index contributed by atoms with van der Waals surface area (Å²) >= 11 is 0. The molecule has 1 rings (SSSR count). The third-order valence-electron chi connectivity index (χ3n) is 2.70. The fraction of sp³-hybridized carbons (Fsp3) is 0.917. The summed E-state index contributed by atoms with van der Waals surface area (Å²) in [5.41, 5.74) is -0.0302. The third kappa shape index (κ3) is 4.00. The van der Waals surface area contributed by atoms with Crippen LogP contribution in [0.25, 0.3) is 0 Å². The van der Waals surface area contributed by atoms with Gasteiger partial charge in [-0.05, 0) is 33.6 Å². The molecule has 0 aromatic carbocycles. The van der Waals surface area contributed by atoms with Crippen LogP contribution < -0.4 is 5.32 Å². The van der Waals surface area contributed by atoms with Crippen molar-refractivity contribution in [1.29, 1.82) is 0 Å². The Hall–Kier alpha value is -0.770. The molecular formula is C12H25N3O. The Bertz CT molecular complexity index is 237. The molecule has 1 saturated heterocycles. The van der Waals surface area contributed by atoms with E-state index in [0.717, 1.165) is 31.9 Å². The lowest BCUT2D eigenvalue weighted by Crippen LogP contribution is -2.46. The van der Waals surface area contributed by atoms with Crippen LogP contribution in [0.1, 0.15) is 33.6 Å². The zero-order valence-corrected chi connectivity index (χ0v) is 11.2. The highest BCUT2D eigenvalue weighted by Crippen LogP contribution is 2.19. The van der Waals surface area contributed by atoms with Gasteiger partial charge in [0.2, 0.25) is 0 Å². The average molecular weight is 227 g/mol. The summed E-state index contributed by atoms with van der Waals surface area (Å²) in [5.74, 6) is 0.981. The van der Waals surface area contributed by atoms with E-state index in [1.165, 1.54) is 0 Å². The minimum atomic E-state index is -0.0302. The number of hydrogen-bond donors (Lipinski definition) is 1. The zero-order chi connectivity index (χ0) is 12.2. The van der Waals surface area contributed by atoms with Crippen molar-refractivity contribution in [2.45, 2.75) is 45.3 Å². The summed E-state index contributed by atoms with van der Waals surface area (Å²) in [5, 5.41) is 3.12. The molecule has 1 heterocycles. The van der Waals surface area contributed by atoms with Crippen molar-refractivity contribution in [2.75, 3.05) is 27.2 Å². The lowest BCUT2D eigenvalue weighted by atomic mass is 10.1. The molecule has 0 atom stereocenters. The van der Waals surface area contributed by atoms with Crippen LogP contribution in [0.4, 0.5) is 0 Å². The number of likely N-dealkylation sites (tertiary alicyclic amines) is 1. The van der Waals surface area contributed by atoms with E-state index in [9.17, 15) is 0 Å². The molecule has 0 radical (unpaired) electrons. The fourth-order valence-corrected chi connectivity index (χ4v) is 2.10. The first-order valence-corrected chi connectivity index (χ1v) is 6.03. The monoisotopic (exact) mass is 227 g/mol. The number of ether oxygens (including phenoxy) is 1. The van der Waals surface area contributed by atoms with Crippen LogP contribution in [0.2, 0.25) is 0 Å². The summed E-state index contributed by atoms with van der Waals surface area (Å²) in [6, 6.07) is 0. The van der Waals surface area contributed by atoms with Gasteiger partial charge in [-0.3, -0.25) is 4.99 Å². The molecule has 0 aromatic heterocycles. The number of rotatable bonds is 1. The van der Waals surface area contributed by atoms with Gasteiger partial charge in [-0.15, -0.1) is 0 Å². The summed E-state index contributed by atoms with van der Waals surface area (Å²) in [4.78, 5) is 6.50. The van der Waals surface area contributed by atoms with E-state index in [4.69, 9.17) is 4.74 Å². The molecule has 16 heavy (non-hydrogen) atoms. The molecule has 94 valence electrons.